The fourth-order valence-corrected chi connectivity index (χ4v) is 2.46. The van der Waals surface area contributed by atoms with Crippen LogP contribution in [0.2, 0.25) is 0 Å². The van der Waals surface area contributed by atoms with Gasteiger partial charge in [0.2, 0.25) is 0 Å². The number of hydrogen-bond acceptors (Lipinski definition) is 3. The number of carbonyl (C=O) groups is 1. The van der Waals surface area contributed by atoms with Gasteiger partial charge in [0.1, 0.15) is 0 Å². The van der Waals surface area contributed by atoms with Crippen LogP contribution < -0.4 is 5.73 Å². The average molecular weight is 210 g/mol. The van der Waals surface area contributed by atoms with Gasteiger partial charge in [-0.05, 0) is 31.4 Å². The first-order chi connectivity index (χ1) is 6.77. The molecule has 0 spiro atoms. The van der Waals surface area contributed by atoms with Crippen LogP contribution in [0.25, 0.3) is 0 Å². The number of anilines is 1. The summed E-state index contributed by atoms with van der Waals surface area (Å²) < 4.78 is 0. The Morgan fingerprint density at radius 1 is 1.29 bits per heavy atom. The van der Waals surface area contributed by atoms with E-state index >= 15 is 0 Å². The summed E-state index contributed by atoms with van der Waals surface area (Å²) in [4.78, 5) is 14.6. The van der Waals surface area contributed by atoms with Crippen LogP contribution in [0.15, 0.2) is 12.1 Å². The molecule has 0 saturated carbocycles. The Hall–Kier alpha value is -1.03. The van der Waals surface area contributed by atoms with Gasteiger partial charge in [0.25, 0.3) is 5.91 Å². The summed E-state index contributed by atoms with van der Waals surface area (Å²) in [7, 11) is 0. The molecule has 0 unspecified atom stereocenters. The third kappa shape index (κ3) is 1.90. The fraction of sp³-hybridized carbons (Fsp3) is 0.500. The standard InChI is InChI=1S/C10H14N2OS/c11-9-5-4-8(14-9)10(13)12-6-2-1-3-7-12/h4-5H,1-3,6-7,11H2. The predicted molar refractivity (Wildman–Crippen MR) is 58.5 cm³/mol. The van der Waals surface area contributed by atoms with Crippen LogP contribution in [0.1, 0.15) is 28.9 Å². The fourth-order valence-electron chi connectivity index (χ4n) is 1.72. The van der Waals surface area contributed by atoms with Gasteiger partial charge < -0.3 is 10.6 Å². The van der Waals surface area contributed by atoms with E-state index < -0.39 is 0 Å². The molecule has 76 valence electrons. The Bertz CT molecular complexity index is 329. The van der Waals surface area contributed by atoms with E-state index in [1.165, 1.54) is 17.8 Å². The van der Waals surface area contributed by atoms with E-state index in [0.29, 0.717) is 5.00 Å². The predicted octanol–water partition coefficient (Wildman–Crippen LogP) is 1.96. The zero-order valence-electron chi connectivity index (χ0n) is 8.03. The van der Waals surface area contributed by atoms with E-state index in [0.717, 1.165) is 30.8 Å². The van der Waals surface area contributed by atoms with Crippen LogP contribution in [0, 0.1) is 0 Å². The Kier molecular flexibility index (Phi) is 2.72. The lowest BCUT2D eigenvalue weighted by molar-refractivity contribution is 0.0729. The Morgan fingerprint density at radius 2 is 2.00 bits per heavy atom. The van der Waals surface area contributed by atoms with E-state index in [2.05, 4.69) is 0 Å². The molecule has 2 N–H and O–H groups in total. The van der Waals surface area contributed by atoms with Crippen molar-refractivity contribution in [2.45, 2.75) is 19.3 Å². The van der Waals surface area contributed by atoms with Gasteiger partial charge in [-0.2, -0.15) is 0 Å². The molecular weight excluding hydrogens is 196 g/mol. The lowest BCUT2D eigenvalue weighted by Crippen LogP contribution is -2.35. The summed E-state index contributed by atoms with van der Waals surface area (Å²) in [5.41, 5.74) is 5.59. The van der Waals surface area contributed by atoms with E-state index in [4.69, 9.17) is 5.73 Å². The first-order valence-electron chi connectivity index (χ1n) is 4.92. The molecule has 1 aliphatic heterocycles. The van der Waals surface area contributed by atoms with Crippen molar-refractivity contribution in [2.75, 3.05) is 18.8 Å². The molecule has 1 fully saturated rings. The SMILES string of the molecule is Nc1ccc(C(=O)N2CCCCC2)s1. The molecular formula is C10H14N2OS. The number of amides is 1. The van der Waals surface area contributed by atoms with Gasteiger partial charge in [-0.1, -0.05) is 0 Å². The third-order valence-electron chi connectivity index (χ3n) is 2.48. The van der Waals surface area contributed by atoms with Gasteiger partial charge in [0.15, 0.2) is 0 Å². The molecule has 4 heteroatoms. The summed E-state index contributed by atoms with van der Waals surface area (Å²) in [6, 6.07) is 3.61. The molecule has 1 saturated heterocycles. The highest BCUT2D eigenvalue weighted by Gasteiger charge is 2.18. The minimum absolute atomic E-state index is 0.145. The molecule has 1 aromatic heterocycles. The van der Waals surface area contributed by atoms with Crippen molar-refractivity contribution in [3.05, 3.63) is 17.0 Å². The topological polar surface area (TPSA) is 46.3 Å². The van der Waals surface area contributed by atoms with E-state index in [9.17, 15) is 4.79 Å². The maximum atomic E-state index is 11.9. The van der Waals surface area contributed by atoms with E-state index in [1.807, 2.05) is 11.0 Å². The van der Waals surface area contributed by atoms with Gasteiger partial charge in [-0.25, -0.2) is 0 Å². The van der Waals surface area contributed by atoms with Crippen LogP contribution in [0.5, 0.6) is 0 Å². The van der Waals surface area contributed by atoms with Gasteiger partial charge in [0, 0.05) is 13.1 Å². The smallest absolute Gasteiger partial charge is 0.263 e. The van der Waals surface area contributed by atoms with Crippen molar-refractivity contribution >= 4 is 22.2 Å². The van der Waals surface area contributed by atoms with Crippen molar-refractivity contribution in [1.82, 2.24) is 4.90 Å². The number of nitrogen functional groups attached to an aromatic ring is 1. The van der Waals surface area contributed by atoms with Crippen LogP contribution in [0.3, 0.4) is 0 Å². The summed E-state index contributed by atoms with van der Waals surface area (Å²) in [6.07, 6.45) is 3.51. The van der Waals surface area contributed by atoms with Crippen LogP contribution >= 0.6 is 11.3 Å². The average Bonchev–Trinajstić information content (AvgIpc) is 2.65. The maximum absolute atomic E-state index is 11.9. The second-order valence-corrected chi connectivity index (χ2v) is 4.67. The molecule has 0 bridgehead atoms. The lowest BCUT2D eigenvalue weighted by atomic mass is 10.1. The third-order valence-corrected chi connectivity index (χ3v) is 3.38. The number of carbonyl (C=O) groups excluding carboxylic acids is 1. The van der Waals surface area contributed by atoms with Crippen molar-refractivity contribution in [3.8, 4) is 0 Å². The van der Waals surface area contributed by atoms with Crippen molar-refractivity contribution in [2.24, 2.45) is 0 Å². The molecule has 0 atom stereocenters. The van der Waals surface area contributed by atoms with Gasteiger partial charge in [-0.15, -0.1) is 11.3 Å². The molecule has 1 aromatic rings. The van der Waals surface area contributed by atoms with Crippen molar-refractivity contribution in [3.63, 3.8) is 0 Å². The second-order valence-electron chi connectivity index (χ2n) is 3.55. The molecule has 14 heavy (non-hydrogen) atoms. The summed E-state index contributed by atoms with van der Waals surface area (Å²) in [5.74, 6) is 0.145. The molecule has 0 aromatic carbocycles. The summed E-state index contributed by atoms with van der Waals surface area (Å²) in [5, 5.41) is 0.713. The molecule has 1 amide bonds. The molecule has 2 rings (SSSR count). The zero-order valence-corrected chi connectivity index (χ0v) is 8.85. The Labute approximate surface area is 87.5 Å². The minimum atomic E-state index is 0.145. The number of likely N-dealkylation sites (tertiary alicyclic amines) is 1. The van der Waals surface area contributed by atoms with Crippen molar-refractivity contribution in [1.29, 1.82) is 0 Å². The van der Waals surface area contributed by atoms with Gasteiger partial charge in [0.05, 0.1) is 9.88 Å². The molecule has 2 heterocycles. The Balaban J connectivity index is 2.07. The maximum Gasteiger partial charge on any atom is 0.263 e. The highest BCUT2D eigenvalue weighted by Crippen LogP contribution is 2.21. The first-order valence-corrected chi connectivity index (χ1v) is 5.73. The number of rotatable bonds is 1. The molecule has 1 aliphatic rings. The minimum Gasteiger partial charge on any atom is -0.391 e. The zero-order chi connectivity index (χ0) is 9.97. The van der Waals surface area contributed by atoms with Gasteiger partial charge in [-0.3, -0.25) is 4.79 Å². The highest BCUT2D eigenvalue weighted by molar-refractivity contribution is 7.17. The monoisotopic (exact) mass is 210 g/mol. The second kappa shape index (κ2) is 4.00. The lowest BCUT2D eigenvalue weighted by Gasteiger charge is -2.26. The van der Waals surface area contributed by atoms with E-state index in [-0.39, 0.29) is 5.91 Å². The van der Waals surface area contributed by atoms with E-state index in [1.54, 1.807) is 6.07 Å². The quantitative estimate of drug-likeness (QED) is 0.770. The normalized spacial score (nSPS) is 17.0. The number of nitrogens with two attached hydrogens (primary N) is 1. The molecule has 0 radical (unpaired) electrons. The number of nitrogens with zero attached hydrogens (tertiary/aromatic N) is 1. The first kappa shape index (κ1) is 9.52. The highest BCUT2D eigenvalue weighted by atomic mass is 32.1. The van der Waals surface area contributed by atoms with Crippen molar-refractivity contribution < 1.29 is 4.79 Å². The molecule has 0 aliphatic carbocycles. The number of piperidine rings is 1. The number of hydrogen-bond donors (Lipinski definition) is 1. The largest absolute Gasteiger partial charge is 0.391 e. The Morgan fingerprint density at radius 3 is 2.57 bits per heavy atom. The van der Waals surface area contributed by atoms with Gasteiger partial charge >= 0.3 is 0 Å². The van der Waals surface area contributed by atoms with Crippen LogP contribution in [0.4, 0.5) is 5.00 Å². The van der Waals surface area contributed by atoms with Crippen LogP contribution in [-0.4, -0.2) is 23.9 Å². The molecule has 3 nitrogen and oxygen atoms in total. The van der Waals surface area contributed by atoms with Crippen LogP contribution in [-0.2, 0) is 0 Å². The summed E-state index contributed by atoms with van der Waals surface area (Å²) >= 11 is 1.38. The number of thiophene rings is 1. The summed E-state index contributed by atoms with van der Waals surface area (Å²) in [6.45, 7) is 1.80.